The molecule has 4 rings (SSSR count). The summed E-state index contributed by atoms with van der Waals surface area (Å²) in [6, 6.07) is 18.6. The molecule has 1 N–H and O–H groups in total. The minimum Gasteiger partial charge on any atom is -0.349 e. The molecule has 0 aliphatic heterocycles. The molecule has 1 saturated carbocycles. The van der Waals surface area contributed by atoms with Crippen molar-refractivity contribution in [1.82, 2.24) is 15.2 Å². The summed E-state index contributed by atoms with van der Waals surface area (Å²) in [6.45, 7) is 9.38. The molecule has 35 heavy (non-hydrogen) atoms. The van der Waals surface area contributed by atoms with Gasteiger partial charge in [-0.2, -0.15) is 0 Å². The smallest absolute Gasteiger partial charge is 0.252 e. The van der Waals surface area contributed by atoms with E-state index in [1.807, 2.05) is 24.3 Å². The molecule has 1 amide bonds. The van der Waals surface area contributed by atoms with Crippen molar-refractivity contribution in [2.75, 3.05) is 13.1 Å². The minimum atomic E-state index is 0.0433. The second-order valence-corrected chi connectivity index (χ2v) is 10.1. The fourth-order valence-corrected chi connectivity index (χ4v) is 5.66. The Labute approximate surface area is 211 Å². The number of amides is 1. The van der Waals surface area contributed by atoms with E-state index in [2.05, 4.69) is 61.3 Å². The van der Waals surface area contributed by atoms with Gasteiger partial charge in [-0.3, -0.25) is 9.69 Å². The average molecular weight is 472 g/mol. The highest BCUT2D eigenvalue weighted by Gasteiger charge is 2.26. The number of fused-ring (bicyclic) bond motifs is 1. The van der Waals surface area contributed by atoms with Gasteiger partial charge in [0.1, 0.15) is 0 Å². The zero-order valence-corrected chi connectivity index (χ0v) is 21.7. The molecule has 2 aromatic carbocycles. The summed E-state index contributed by atoms with van der Waals surface area (Å²) in [4.78, 5) is 21.7. The first-order chi connectivity index (χ1) is 17.1. The van der Waals surface area contributed by atoms with Crippen molar-refractivity contribution < 1.29 is 4.79 Å². The molecule has 0 saturated heterocycles. The lowest BCUT2D eigenvalue weighted by atomic mass is 9.84. The van der Waals surface area contributed by atoms with Crippen molar-refractivity contribution in [1.29, 1.82) is 0 Å². The Morgan fingerprint density at radius 2 is 1.63 bits per heavy atom. The molecule has 1 aromatic heterocycles. The monoisotopic (exact) mass is 471 g/mol. The van der Waals surface area contributed by atoms with Gasteiger partial charge in [0.25, 0.3) is 5.91 Å². The SMILES string of the molecule is CCCN(CCC)Cc1c(-c2ccccc2)nc2ccccc2c1C(=O)N[C@@H](C)C1CCCCC1. The average Bonchev–Trinajstić information content (AvgIpc) is 2.89. The number of nitrogens with zero attached hydrogens (tertiary/aromatic N) is 2. The molecule has 4 nitrogen and oxygen atoms in total. The maximum Gasteiger partial charge on any atom is 0.252 e. The lowest BCUT2D eigenvalue weighted by molar-refractivity contribution is 0.0919. The molecule has 1 aliphatic carbocycles. The van der Waals surface area contributed by atoms with E-state index in [1.165, 1.54) is 32.1 Å². The summed E-state index contributed by atoms with van der Waals surface area (Å²) in [5.41, 5.74) is 4.72. The molecule has 0 unspecified atom stereocenters. The largest absolute Gasteiger partial charge is 0.349 e. The Morgan fingerprint density at radius 3 is 2.31 bits per heavy atom. The number of hydrogen-bond acceptors (Lipinski definition) is 3. The van der Waals surface area contributed by atoms with E-state index < -0.39 is 0 Å². The van der Waals surface area contributed by atoms with Crippen LogP contribution >= 0.6 is 0 Å². The summed E-state index contributed by atoms with van der Waals surface area (Å²) in [7, 11) is 0. The lowest BCUT2D eigenvalue weighted by Crippen LogP contribution is -2.39. The van der Waals surface area contributed by atoms with Gasteiger partial charge in [-0.15, -0.1) is 0 Å². The first-order valence-corrected chi connectivity index (χ1v) is 13.6. The summed E-state index contributed by atoms with van der Waals surface area (Å²) in [5, 5.41) is 4.38. The van der Waals surface area contributed by atoms with Gasteiger partial charge in [-0.05, 0) is 57.7 Å². The van der Waals surface area contributed by atoms with Crippen molar-refractivity contribution in [3.8, 4) is 11.3 Å². The van der Waals surface area contributed by atoms with Gasteiger partial charge in [-0.1, -0.05) is 81.6 Å². The van der Waals surface area contributed by atoms with Crippen molar-refractivity contribution in [3.05, 3.63) is 65.7 Å². The molecule has 1 fully saturated rings. The van der Waals surface area contributed by atoms with Crippen LogP contribution in [0.2, 0.25) is 0 Å². The van der Waals surface area contributed by atoms with Gasteiger partial charge >= 0.3 is 0 Å². The van der Waals surface area contributed by atoms with E-state index in [0.29, 0.717) is 5.92 Å². The molecule has 3 aromatic rings. The highest BCUT2D eigenvalue weighted by molar-refractivity contribution is 6.09. The molecule has 1 aliphatic rings. The third-order valence-electron chi connectivity index (χ3n) is 7.44. The van der Waals surface area contributed by atoms with Gasteiger partial charge < -0.3 is 5.32 Å². The number of para-hydroxylation sites is 1. The highest BCUT2D eigenvalue weighted by Crippen LogP contribution is 2.32. The summed E-state index contributed by atoms with van der Waals surface area (Å²) in [6.07, 6.45) is 8.46. The van der Waals surface area contributed by atoms with Crippen LogP contribution in [-0.4, -0.2) is 34.9 Å². The van der Waals surface area contributed by atoms with Crippen molar-refractivity contribution in [2.24, 2.45) is 5.92 Å². The molecule has 0 radical (unpaired) electrons. The fraction of sp³-hybridized carbons (Fsp3) is 0.484. The fourth-order valence-electron chi connectivity index (χ4n) is 5.66. The lowest BCUT2D eigenvalue weighted by Gasteiger charge is -2.29. The van der Waals surface area contributed by atoms with Gasteiger partial charge in [0, 0.05) is 29.1 Å². The van der Waals surface area contributed by atoms with E-state index in [9.17, 15) is 4.79 Å². The van der Waals surface area contributed by atoms with E-state index in [0.717, 1.165) is 65.8 Å². The van der Waals surface area contributed by atoms with Crippen LogP contribution < -0.4 is 5.32 Å². The van der Waals surface area contributed by atoms with Crippen LogP contribution in [0.15, 0.2) is 54.6 Å². The first-order valence-electron chi connectivity index (χ1n) is 13.6. The highest BCUT2D eigenvalue weighted by atomic mass is 16.1. The van der Waals surface area contributed by atoms with Crippen molar-refractivity contribution >= 4 is 16.8 Å². The van der Waals surface area contributed by atoms with Gasteiger partial charge in [0.2, 0.25) is 0 Å². The van der Waals surface area contributed by atoms with E-state index in [-0.39, 0.29) is 11.9 Å². The predicted molar refractivity (Wildman–Crippen MR) is 147 cm³/mol. The molecular formula is C31H41N3O. The molecule has 0 bridgehead atoms. The Bertz CT molecular complexity index is 1100. The Morgan fingerprint density at radius 1 is 0.971 bits per heavy atom. The zero-order valence-electron chi connectivity index (χ0n) is 21.7. The maximum atomic E-state index is 14.1. The van der Waals surface area contributed by atoms with Crippen LogP contribution in [0.25, 0.3) is 22.2 Å². The normalized spacial score (nSPS) is 15.4. The zero-order chi connectivity index (χ0) is 24.6. The predicted octanol–water partition coefficient (Wildman–Crippen LogP) is 7.22. The third kappa shape index (κ3) is 6.10. The molecular weight excluding hydrogens is 430 g/mol. The first kappa shape index (κ1) is 25.4. The van der Waals surface area contributed by atoms with Crippen LogP contribution in [0.1, 0.15) is 81.6 Å². The number of carbonyl (C=O) groups is 1. The summed E-state index contributed by atoms with van der Waals surface area (Å²) < 4.78 is 0. The number of hydrogen-bond donors (Lipinski definition) is 1. The van der Waals surface area contributed by atoms with Gasteiger partial charge in [0.05, 0.1) is 16.8 Å². The van der Waals surface area contributed by atoms with E-state index in [1.54, 1.807) is 0 Å². The van der Waals surface area contributed by atoms with Crippen LogP contribution in [0, 0.1) is 5.92 Å². The van der Waals surface area contributed by atoms with E-state index in [4.69, 9.17) is 4.98 Å². The molecule has 186 valence electrons. The van der Waals surface area contributed by atoms with E-state index >= 15 is 0 Å². The van der Waals surface area contributed by atoms with Crippen molar-refractivity contribution in [3.63, 3.8) is 0 Å². The summed E-state index contributed by atoms with van der Waals surface area (Å²) in [5.74, 6) is 0.608. The Balaban J connectivity index is 1.83. The topological polar surface area (TPSA) is 45.2 Å². The molecule has 1 heterocycles. The molecule has 0 spiro atoms. The minimum absolute atomic E-state index is 0.0433. The van der Waals surface area contributed by atoms with Crippen LogP contribution in [0.3, 0.4) is 0 Å². The number of rotatable bonds is 10. The van der Waals surface area contributed by atoms with Gasteiger partial charge in [-0.25, -0.2) is 4.98 Å². The van der Waals surface area contributed by atoms with Gasteiger partial charge in [0.15, 0.2) is 0 Å². The van der Waals surface area contributed by atoms with Crippen LogP contribution in [0.4, 0.5) is 0 Å². The standard InChI is InChI=1S/C31H41N3O/c1-4-20-34(21-5-2)22-27-29(31(35)32-23(3)24-14-8-6-9-15-24)26-18-12-13-19-28(26)33-30(27)25-16-10-7-11-17-25/h7,10-13,16-19,23-24H,4-6,8-9,14-15,20-22H2,1-3H3,(H,32,35)/t23-/m0/s1. The van der Waals surface area contributed by atoms with Crippen LogP contribution in [-0.2, 0) is 6.54 Å². The Kier molecular flexibility index (Phi) is 8.92. The summed E-state index contributed by atoms with van der Waals surface area (Å²) >= 11 is 0. The number of pyridine rings is 1. The molecule has 1 atom stereocenters. The molecule has 4 heteroatoms. The van der Waals surface area contributed by atoms with Crippen molar-refractivity contribution in [2.45, 2.75) is 78.3 Å². The Hall–Kier alpha value is -2.72. The van der Waals surface area contributed by atoms with Crippen LogP contribution in [0.5, 0.6) is 0 Å². The third-order valence-corrected chi connectivity index (χ3v) is 7.44. The quantitative estimate of drug-likeness (QED) is 0.339. The number of benzene rings is 2. The number of carbonyl (C=O) groups excluding carboxylic acids is 1. The number of aromatic nitrogens is 1. The number of nitrogens with one attached hydrogen (secondary N) is 1. The maximum absolute atomic E-state index is 14.1. The second-order valence-electron chi connectivity index (χ2n) is 10.1. The second kappa shape index (κ2) is 12.3.